The molecular formula is C31H36NO2P. The fourth-order valence-corrected chi connectivity index (χ4v) is 7.77. The lowest BCUT2D eigenvalue weighted by atomic mass is 9.82. The Morgan fingerprint density at radius 1 is 0.714 bits per heavy atom. The topological polar surface area (TPSA) is 38.3 Å². The van der Waals surface area contributed by atoms with E-state index >= 15 is 0 Å². The highest BCUT2D eigenvalue weighted by Gasteiger charge is 2.24. The van der Waals surface area contributed by atoms with E-state index in [-0.39, 0.29) is 6.04 Å². The van der Waals surface area contributed by atoms with E-state index < -0.39 is 8.16 Å². The number of aryl methyl sites for hydroxylation is 7. The SMILES string of the molecule is Cc1ccccc1[C@@H](C)Np1oc2c(C)cc3c(c2c2c4c(cc(C)c2o1)CCCC4)CCCC3. The molecule has 4 aromatic rings. The Morgan fingerprint density at radius 2 is 1.23 bits per heavy atom. The Labute approximate surface area is 209 Å². The van der Waals surface area contributed by atoms with Gasteiger partial charge in [0.05, 0.1) is 0 Å². The van der Waals surface area contributed by atoms with Crippen molar-refractivity contribution in [2.24, 2.45) is 0 Å². The van der Waals surface area contributed by atoms with Crippen molar-refractivity contribution in [3.8, 4) is 0 Å². The molecule has 2 aliphatic rings. The van der Waals surface area contributed by atoms with Crippen molar-refractivity contribution in [3.63, 3.8) is 0 Å². The molecule has 0 unspecified atom stereocenters. The molecule has 4 heteroatoms. The van der Waals surface area contributed by atoms with Crippen LogP contribution in [0.2, 0.25) is 0 Å². The molecule has 0 aliphatic heterocycles. The Balaban J connectivity index is 1.68. The van der Waals surface area contributed by atoms with Crippen LogP contribution < -0.4 is 5.09 Å². The van der Waals surface area contributed by atoms with Gasteiger partial charge in [0, 0.05) is 16.8 Å². The van der Waals surface area contributed by atoms with Gasteiger partial charge in [0.15, 0.2) is 0 Å². The molecule has 0 saturated carbocycles. The zero-order chi connectivity index (χ0) is 24.1. The van der Waals surface area contributed by atoms with Crippen LogP contribution in [-0.2, 0) is 25.7 Å². The summed E-state index contributed by atoms with van der Waals surface area (Å²) in [5.74, 6) is 0. The summed E-state index contributed by atoms with van der Waals surface area (Å²) in [6, 6.07) is 13.5. The zero-order valence-electron chi connectivity index (χ0n) is 21.5. The highest BCUT2D eigenvalue weighted by molar-refractivity contribution is 7.38. The Bertz CT molecular complexity index is 1400. The predicted octanol–water partition coefficient (Wildman–Crippen LogP) is 9.28. The van der Waals surface area contributed by atoms with Gasteiger partial charge in [-0.15, -0.1) is 0 Å². The summed E-state index contributed by atoms with van der Waals surface area (Å²) in [4.78, 5) is 0. The predicted molar refractivity (Wildman–Crippen MR) is 148 cm³/mol. The van der Waals surface area contributed by atoms with Crippen LogP contribution in [0.5, 0.6) is 0 Å². The van der Waals surface area contributed by atoms with Gasteiger partial charge in [-0.25, -0.2) is 5.09 Å². The minimum absolute atomic E-state index is 0.128. The van der Waals surface area contributed by atoms with Crippen molar-refractivity contribution in [1.29, 1.82) is 0 Å². The van der Waals surface area contributed by atoms with E-state index in [0.717, 1.165) is 24.0 Å². The summed E-state index contributed by atoms with van der Waals surface area (Å²) >= 11 is 0. The first kappa shape index (κ1) is 23.0. The van der Waals surface area contributed by atoms with Gasteiger partial charge in [-0.3, -0.25) is 0 Å². The molecule has 0 radical (unpaired) electrons. The van der Waals surface area contributed by atoms with E-state index in [1.807, 2.05) is 0 Å². The number of rotatable bonds is 3. The fourth-order valence-electron chi connectivity index (χ4n) is 6.37. The molecule has 1 N–H and O–H groups in total. The second kappa shape index (κ2) is 9.19. The maximum atomic E-state index is 6.85. The van der Waals surface area contributed by atoms with E-state index in [2.05, 4.69) is 69.2 Å². The van der Waals surface area contributed by atoms with E-state index in [4.69, 9.17) is 8.39 Å². The third-order valence-corrected chi connectivity index (χ3v) is 9.42. The Kier molecular flexibility index (Phi) is 6.03. The molecule has 2 aliphatic carbocycles. The highest BCUT2D eigenvalue weighted by atomic mass is 31.1. The molecule has 1 heterocycles. The average molecular weight is 486 g/mol. The molecule has 0 bridgehead atoms. The summed E-state index contributed by atoms with van der Waals surface area (Å²) in [6.45, 7) is 8.83. The minimum Gasteiger partial charge on any atom is -0.408 e. The van der Waals surface area contributed by atoms with Gasteiger partial charge in [0.1, 0.15) is 11.2 Å². The summed E-state index contributed by atoms with van der Waals surface area (Å²) < 4.78 is 13.7. The van der Waals surface area contributed by atoms with Crippen LogP contribution >= 0.6 is 8.16 Å². The molecule has 6 rings (SSSR count). The molecule has 0 spiro atoms. The summed E-state index contributed by atoms with van der Waals surface area (Å²) in [5, 5.41) is 6.41. The number of fused-ring (bicyclic) bond motifs is 7. The van der Waals surface area contributed by atoms with Gasteiger partial charge in [-0.2, -0.15) is 0 Å². The van der Waals surface area contributed by atoms with Gasteiger partial charge >= 0.3 is 8.16 Å². The lowest BCUT2D eigenvalue weighted by Gasteiger charge is -2.22. The van der Waals surface area contributed by atoms with Gasteiger partial charge in [-0.05, 0) is 124 Å². The molecule has 0 fully saturated rings. The third-order valence-electron chi connectivity index (χ3n) is 8.13. The smallest absolute Gasteiger partial charge is 0.307 e. The van der Waals surface area contributed by atoms with Crippen LogP contribution in [0.25, 0.3) is 21.9 Å². The van der Waals surface area contributed by atoms with Crippen LogP contribution in [0, 0.1) is 20.8 Å². The van der Waals surface area contributed by atoms with Crippen LogP contribution in [0.15, 0.2) is 44.8 Å². The highest BCUT2D eigenvalue weighted by Crippen LogP contribution is 2.44. The van der Waals surface area contributed by atoms with E-state index in [9.17, 15) is 0 Å². The molecule has 35 heavy (non-hydrogen) atoms. The van der Waals surface area contributed by atoms with Crippen LogP contribution in [0.1, 0.15) is 83.2 Å². The first-order valence-corrected chi connectivity index (χ1v) is 14.5. The zero-order valence-corrected chi connectivity index (χ0v) is 22.4. The fraction of sp³-hybridized carbons (Fsp3) is 0.419. The van der Waals surface area contributed by atoms with Crippen molar-refractivity contribution in [2.75, 3.05) is 5.09 Å². The third kappa shape index (κ3) is 4.03. The van der Waals surface area contributed by atoms with E-state index in [1.165, 1.54) is 93.8 Å². The van der Waals surface area contributed by atoms with Crippen molar-refractivity contribution >= 4 is 30.1 Å². The second-order valence-corrected chi connectivity index (χ2v) is 11.8. The van der Waals surface area contributed by atoms with Gasteiger partial charge in [-0.1, -0.05) is 36.4 Å². The van der Waals surface area contributed by atoms with Crippen molar-refractivity contribution < 1.29 is 8.39 Å². The number of nitrogens with one attached hydrogen (secondary N) is 1. The second-order valence-electron chi connectivity index (χ2n) is 10.6. The van der Waals surface area contributed by atoms with Gasteiger partial charge in [0.25, 0.3) is 0 Å². The first-order valence-electron chi connectivity index (χ1n) is 13.3. The molecular weight excluding hydrogens is 449 g/mol. The molecule has 3 aromatic carbocycles. The monoisotopic (exact) mass is 485 g/mol. The standard InChI is InChI=1S/C31H36NO2P/c1-19-11-5-8-14-25(19)22(4)32-35-33-30-20(2)17-23-12-6-9-15-26(23)28(30)29-27-16-10-7-13-24(27)18-21(3)31(29)34-35/h5,8,11,14,17-18,22,32H,6-7,9-10,12-13,15-16H2,1-4H3/t22-/m1/s1. The van der Waals surface area contributed by atoms with Crippen LogP contribution in [-0.4, -0.2) is 0 Å². The van der Waals surface area contributed by atoms with Crippen molar-refractivity contribution in [3.05, 3.63) is 80.9 Å². The number of hydrogen-bond acceptors (Lipinski definition) is 3. The Morgan fingerprint density at radius 3 is 1.77 bits per heavy atom. The molecule has 3 nitrogen and oxygen atoms in total. The molecule has 1 atom stereocenters. The van der Waals surface area contributed by atoms with Crippen molar-refractivity contribution in [2.45, 2.75) is 85.1 Å². The lowest BCUT2D eigenvalue weighted by molar-refractivity contribution is 0.631. The molecule has 0 saturated heterocycles. The van der Waals surface area contributed by atoms with Crippen molar-refractivity contribution in [1.82, 2.24) is 0 Å². The lowest BCUT2D eigenvalue weighted by Crippen LogP contribution is -2.07. The van der Waals surface area contributed by atoms with Crippen LogP contribution in [0.3, 0.4) is 0 Å². The number of benzene rings is 3. The normalized spacial score (nSPS) is 16.2. The maximum absolute atomic E-state index is 6.85. The summed E-state index contributed by atoms with van der Waals surface area (Å²) in [7, 11) is -1.36. The van der Waals surface area contributed by atoms with Gasteiger partial charge in [0.2, 0.25) is 0 Å². The quantitative estimate of drug-likeness (QED) is 0.314. The average Bonchev–Trinajstić information content (AvgIpc) is 3.03. The summed E-state index contributed by atoms with van der Waals surface area (Å²) in [6.07, 6.45) is 9.68. The summed E-state index contributed by atoms with van der Waals surface area (Å²) in [5.41, 5.74) is 13.2. The maximum Gasteiger partial charge on any atom is 0.307 e. The molecule has 0 amide bonds. The molecule has 1 aromatic heterocycles. The Hall–Kier alpha value is -2.48. The largest absolute Gasteiger partial charge is 0.408 e. The first-order chi connectivity index (χ1) is 17.0. The molecule has 182 valence electrons. The van der Waals surface area contributed by atoms with E-state index in [1.54, 1.807) is 0 Å². The van der Waals surface area contributed by atoms with Crippen LogP contribution in [0.4, 0.5) is 0 Å². The number of hydrogen-bond donors (Lipinski definition) is 1. The van der Waals surface area contributed by atoms with Gasteiger partial charge < -0.3 is 8.39 Å². The van der Waals surface area contributed by atoms with E-state index in [0.29, 0.717) is 0 Å². The minimum atomic E-state index is -1.36.